The Labute approximate surface area is 162 Å². The Balaban J connectivity index is 1.54. The molecule has 0 bridgehead atoms. The molecule has 0 atom stereocenters. The summed E-state index contributed by atoms with van der Waals surface area (Å²) in [4.78, 5) is 22.9. The number of hydrogen-bond acceptors (Lipinski definition) is 8. The van der Waals surface area contributed by atoms with Crippen LogP contribution in [0.2, 0.25) is 0 Å². The number of aryl methyl sites for hydroxylation is 1. The lowest BCUT2D eigenvalue weighted by Gasteiger charge is -2.26. The van der Waals surface area contributed by atoms with Gasteiger partial charge < -0.3 is 19.8 Å². The third kappa shape index (κ3) is 5.32. The normalized spacial score (nSPS) is 14.2. The van der Waals surface area contributed by atoms with Crippen molar-refractivity contribution in [2.45, 2.75) is 26.2 Å². The monoisotopic (exact) mass is 385 g/mol. The minimum atomic E-state index is -0.467. The van der Waals surface area contributed by atoms with Crippen molar-refractivity contribution in [2.75, 3.05) is 24.6 Å². The van der Waals surface area contributed by atoms with Crippen LogP contribution >= 0.6 is 0 Å². The number of aromatic hydroxyl groups is 2. The molecule has 1 aromatic heterocycles. The predicted molar refractivity (Wildman–Crippen MR) is 104 cm³/mol. The van der Waals surface area contributed by atoms with Crippen LogP contribution in [0, 0.1) is 6.92 Å². The van der Waals surface area contributed by atoms with Gasteiger partial charge >= 0.3 is 0 Å². The summed E-state index contributed by atoms with van der Waals surface area (Å²) in [6.07, 6.45) is 4.72. The number of carbonyl (C=O) groups is 1. The number of benzene rings is 1. The maximum atomic E-state index is 11.9. The lowest BCUT2D eigenvalue weighted by atomic mass is 10.1. The molecule has 0 spiro atoms. The van der Waals surface area contributed by atoms with E-state index in [4.69, 9.17) is 4.74 Å². The molecule has 3 N–H and O–H groups in total. The molecule has 3 rings (SSSR count). The number of phenols is 2. The second kappa shape index (κ2) is 9.03. The number of phenolic OH excluding ortho intramolecular Hbond substituents is 2. The van der Waals surface area contributed by atoms with E-state index in [1.165, 1.54) is 30.8 Å². The van der Waals surface area contributed by atoms with Crippen molar-refractivity contribution in [3.05, 3.63) is 35.5 Å². The molecule has 1 amide bonds. The average molecular weight is 385 g/mol. The first-order chi connectivity index (χ1) is 13.5. The summed E-state index contributed by atoms with van der Waals surface area (Å²) in [5.74, 6) is 0.289. The van der Waals surface area contributed by atoms with E-state index in [1.54, 1.807) is 6.07 Å². The third-order valence-corrected chi connectivity index (χ3v) is 4.22. The second-order valence-corrected chi connectivity index (χ2v) is 6.52. The van der Waals surface area contributed by atoms with Crippen molar-refractivity contribution >= 4 is 18.1 Å². The quantitative estimate of drug-likeness (QED) is 0.511. The van der Waals surface area contributed by atoms with E-state index in [2.05, 4.69) is 25.4 Å². The van der Waals surface area contributed by atoms with Gasteiger partial charge in [0.15, 0.2) is 6.61 Å². The Kier molecular flexibility index (Phi) is 6.25. The van der Waals surface area contributed by atoms with Crippen molar-refractivity contribution in [3.8, 4) is 17.4 Å². The van der Waals surface area contributed by atoms with Gasteiger partial charge in [0.1, 0.15) is 11.5 Å². The maximum absolute atomic E-state index is 11.9. The van der Waals surface area contributed by atoms with Gasteiger partial charge in [0.2, 0.25) is 11.8 Å². The fraction of sp³-hybridized carbons (Fsp3) is 0.368. The molecule has 0 radical (unpaired) electrons. The first-order valence-electron chi connectivity index (χ1n) is 9.08. The highest BCUT2D eigenvalue weighted by atomic mass is 16.5. The predicted octanol–water partition coefficient (Wildman–Crippen LogP) is 1.72. The van der Waals surface area contributed by atoms with E-state index in [9.17, 15) is 15.0 Å². The molecule has 148 valence electrons. The van der Waals surface area contributed by atoms with Crippen LogP contribution in [0.5, 0.6) is 17.4 Å². The third-order valence-electron chi connectivity index (χ3n) is 4.22. The minimum Gasteiger partial charge on any atom is -0.508 e. The Bertz CT molecular complexity index is 865. The number of hydrogen-bond donors (Lipinski definition) is 3. The molecule has 0 aliphatic carbocycles. The molecule has 2 heterocycles. The highest BCUT2D eigenvalue weighted by Crippen LogP contribution is 2.21. The van der Waals surface area contributed by atoms with Gasteiger partial charge in [0, 0.05) is 36.5 Å². The summed E-state index contributed by atoms with van der Waals surface area (Å²) in [6, 6.07) is 5.74. The molecule has 1 aliphatic heterocycles. The molecule has 2 aromatic rings. The molecule has 9 nitrogen and oxygen atoms in total. The van der Waals surface area contributed by atoms with E-state index in [0.717, 1.165) is 31.6 Å². The summed E-state index contributed by atoms with van der Waals surface area (Å²) in [5.41, 5.74) is 3.44. The van der Waals surface area contributed by atoms with Crippen LogP contribution in [-0.4, -0.2) is 52.0 Å². The van der Waals surface area contributed by atoms with Gasteiger partial charge in [-0.25, -0.2) is 10.4 Å². The molecular formula is C19H23N5O4. The fourth-order valence-corrected chi connectivity index (χ4v) is 2.82. The van der Waals surface area contributed by atoms with E-state index in [-0.39, 0.29) is 18.1 Å². The van der Waals surface area contributed by atoms with Gasteiger partial charge in [-0.3, -0.25) is 4.79 Å². The average Bonchev–Trinajstić information content (AvgIpc) is 2.68. The van der Waals surface area contributed by atoms with Crippen molar-refractivity contribution in [2.24, 2.45) is 5.10 Å². The molecule has 1 aromatic carbocycles. The topological polar surface area (TPSA) is 120 Å². The first-order valence-corrected chi connectivity index (χ1v) is 9.08. The van der Waals surface area contributed by atoms with Crippen LogP contribution in [0.4, 0.5) is 5.95 Å². The van der Waals surface area contributed by atoms with Gasteiger partial charge in [-0.2, -0.15) is 10.1 Å². The molecule has 9 heteroatoms. The van der Waals surface area contributed by atoms with Crippen molar-refractivity contribution in [3.63, 3.8) is 0 Å². The van der Waals surface area contributed by atoms with Crippen LogP contribution in [0.25, 0.3) is 0 Å². The number of amides is 1. The number of nitrogens with one attached hydrogen (secondary N) is 1. The number of anilines is 1. The van der Waals surface area contributed by atoms with E-state index < -0.39 is 5.91 Å². The molecule has 1 fully saturated rings. The smallest absolute Gasteiger partial charge is 0.278 e. The highest BCUT2D eigenvalue weighted by molar-refractivity contribution is 5.85. The molecule has 1 saturated heterocycles. The van der Waals surface area contributed by atoms with Crippen molar-refractivity contribution in [1.29, 1.82) is 0 Å². The largest absolute Gasteiger partial charge is 0.508 e. The summed E-state index contributed by atoms with van der Waals surface area (Å²) in [7, 11) is 0. The summed E-state index contributed by atoms with van der Waals surface area (Å²) in [5, 5.41) is 22.7. The van der Waals surface area contributed by atoms with Gasteiger partial charge in [0.25, 0.3) is 5.91 Å². The fourth-order valence-electron chi connectivity index (χ4n) is 2.82. The number of ether oxygens (including phenoxy) is 1. The molecule has 28 heavy (non-hydrogen) atoms. The highest BCUT2D eigenvalue weighted by Gasteiger charge is 2.15. The standard InChI is InChI=1S/C19H23N5O4/c1-13-9-18(22-19(21-13)24-7-3-2-4-8-24)28-12-17(27)23-20-11-14-5-6-15(25)10-16(14)26/h5-6,9-11,25-26H,2-4,7-8,12H2,1H3,(H,23,27). The lowest BCUT2D eigenvalue weighted by molar-refractivity contribution is -0.123. The summed E-state index contributed by atoms with van der Waals surface area (Å²) >= 11 is 0. The van der Waals surface area contributed by atoms with Crippen molar-refractivity contribution < 1.29 is 19.7 Å². The zero-order chi connectivity index (χ0) is 19.9. The van der Waals surface area contributed by atoms with Gasteiger partial charge in [-0.05, 0) is 38.3 Å². The molecule has 0 unspecified atom stereocenters. The first kappa shape index (κ1) is 19.4. The minimum absolute atomic E-state index is 0.0591. The Morgan fingerprint density at radius 2 is 2.04 bits per heavy atom. The Morgan fingerprint density at radius 3 is 2.79 bits per heavy atom. The number of piperidine rings is 1. The number of carbonyl (C=O) groups excluding carboxylic acids is 1. The van der Waals surface area contributed by atoms with Crippen molar-refractivity contribution in [1.82, 2.24) is 15.4 Å². The molecular weight excluding hydrogens is 362 g/mol. The number of aromatic nitrogens is 2. The van der Waals surface area contributed by atoms with Crippen LogP contribution in [0.3, 0.4) is 0 Å². The van der Waals surface area contributed by atoms with Gasteiger partial charge in [-0.1, -0.05) is 0 Å². The Hall–Kier alpha value is -3.36. The van der Waals surface area contributed by atoms with Crippen LogP contribution in [0.1, 0.15) is 30.5 Å². The summed E-state index contributed by atoms with van der Waals surface area (Å²) < 4.78 is 5.48. The Morgan fingerprint density at radius 1 is 1.25 bits per heavy atom. The van der Waals surface area contributed by atoms with Crippen LogP contribution in [-0.2, 0) is 4.79 Å². The number of nitrogens with zero attached hydrogens (tertiary/aromatic N) is 4. The zero-order valence-electron chi connectivity index (χ0n) is 15.6. The van der Waals surface area contributed by atoms with Crippen LogP contribution < -0.4 is 15.1 Å². The maximum Gasteiger partial charge on any atom is 0.278 e. The number of rotatable bonds is 6. The van der Waals surface area contributed by atoms with E-state index in [0.29, 0.717) is 17.4 Å². The van der Waals surface area contributed by atoms with Crippen LogP contribution in [0.15, 0.2) is 29.4 Å². The number of hydrazone groups is 1. The lowest BCUT2D eigenvalue weighted by Crippen LogP contribution is -2.31. The molecule has 0 saturated carbocycles. The summed E-state index contributed by atoms with van der Waals surface area (Å²) in [6.45, 7) is 3.44. The SMILES string of the molecule is Cc1cc(OCC(=O)NN=Cc2ccc(O)cc2O)nc(N2CCCCC2)n1. The zero-order valence-corrected chi connectivity index (χ0v) is 15.6. The molecule has 1 aliphatic rings. The van der Waals surface area contributed by atoms with E-state index in [1.807, 2.05) is 6.92 Å². The van der Waals surface area contributed by atoms with Gasteiger partial charge in [-0.15, -0.1) is 0 Å². The van der Waals surface area contributed by atoms with E-state index >= 15 is 0 Å². The van der Waals surface area contributed by atoms with Gasteiger partial charge in [0.05, 0.1) is 6.21 Å². The second-order valence-electron chi connectivity index (χ2n) is 6.52.